The Morgan fingerprint density at radius 1 is 0.552 bits per heavy atom. The minimum absolute atomic E-state index is 0. The van der Waals surface area contributed by atoms with E-state index in [1.807, 2.05) is 0 Å². The first kappa shape index (κ1) is 26.9. The molecule has 0 aliphatic rings. The van der Waals surface area contributed by atoms with E-state index in [0.29, 0.717) is 5.30 Å². The molecule has 0 aliphatic carbocycles. The van der Waals surface area contributed by atoms with Crippen LogP contribution < -0.4 is 75.0 Å². The normalized spacial score (nSPS) is 11.4. The summed E-state index contributed by atoms with van der Waals surface area (Å²) in [7, 11) is -11.4. The molecule has 0 heterocycles. The molecular formula is C18H13Na2O6PS2. The van der Waals surface area contributed by atoms with E-state index in [4.69, 9.17) is 0 Å². The molecule has 140 valence electrons. The van der Waals surface area contributed by atoms with Gasteiger partial charge < -0.3 is 9.11 Å². The Morgan fingerprint density at radius 3 is 1.28 bits per heavy atom. The molecule has 11 heteroatoms. The Hall–Kier alpha value is -0.0900. The molecule has 0 N–H and O–H groups in total. The number of hydrogen-bond acceptors (Lipinski definition) is 6. The maximum atomic E-state index is 11.8. The molecule has 0 saturated heterocycles. The van der Waals surface area contributed by atoms with E-state index in [0.717, 1.165) is 0 Å². The van der Waals surface area contributed by atoms with Gasteiger partial charge in [0, 0.05) is 10.6 Å². The molecule has 3 aromatic carbocycles. The fraction of sp³-hybridized carbons (Fsp3) is 0. The standard InChI is InChI=1S/C18H15O6PS2.2Na/c19-26(20,21)17-12-6-4-10-15(17)25(14-8-2-1-3-9-14)16-11-5-7-13-18(16)27(22,23)24;;/h1-13H,(H,19,20,21)(H,22,23,24);;/q;2*+1/p-2. The smallest absolute Gasteiger partial charge is 0.744 e. The van der Waals surface area contributed by atoms with Crippen LogP contribution in [0, 0.1) is 0 Å². The van der Waals surface area contributed by atoms with Crippen LogP contribution in [0.3, 0.4) is 0 Å². The first-order valence-electron chi connectivity index (χ1n) is 7.64. The van der Waals surface area contributed by atoms with Crippen LogP contribution in [-0.4, -0.2) is 25.9 Å². The van der Waals surface area contributed by atoms with Crippen LogP contribution in [0.25, 0.3) is 0 Å². The minimum atomic E-state index is -4.80. The predicted molar refractivity (Wildman–Crippen MR) is 101 cm³/mol. The zero-order chi connectivity index (χ0) is 19.7. The molecule has 0 spiro atoms. The van der Waals surface area contributed by atoms with Gasteiger partial charge in [-0.1, -0.05) is 66.7 Å². The molecule has 0 radical (unpaired) electrons. The van der Waals surface area contributed by atoms with Gasteiger partial charge in [-0.3, -0.25) is 0 Å². The topological polar surface area (TPSA) is 114 Å². The molecule has 3 rings (SSSR count). The molecule has 0 fully saturated rings. The van der Waals surface area contributed by atoms with E-state index in [1.165, 1.54) is 36.4 Å². The third-order valence-corrected chi connectivity index (χ3v) is 8.42. The van der Waals surface area contributed by atoms with E-state index in [1.54, 1.807) is 42.5 Å². The first-order valence-corrected chi connectivity index (χ1v) is 11.8. The first-order chi connectivity index (χ1) is 12.7. The third kappa shape index (κ3) is 6.45. The monoisotopic (exact) mass is 466 g/mol. The van der Waals surface area contributed by atoms with Crippen molar-refractivity contribution in [3.8, 4) is 0 Å². The SMILES string of the molecule is O=S(=O)([O-])c1ccccc1P(c1ccccc1)c1ccccc1S(=O)(=O)[O-].[Na+].[Na+]. The predicted octanol–water partition coefficient (Wildman–Crippen LogP) is -4.74. The van der Waals surface area contributed by atoms with Crippen molar-refractivity contribution in [3.05, 3.63) is 78.9 Å². The third-order valence-electron chi connectivity index (χ3n) is 3.77. The van der Waals surface area contributed by atoms with Crippen molar-refractivity contribution < 1.29 is 85.1 Å². The van der Waals surface area contributed by atoms with E-state index in [-0.39, 0.29) is 69.7 Å². The number of rotatable bonds is 5. The maximum absolute atomic E-state index is 11.8. The quantitative estimate of drug-likeness (QED) is 0.212. The maximum Gasteiger partial charge on any atom is 1.00 e. The van der Waals surface area contributed by atoms with E-state index < -0.39 is 37.9 Å². The molecule has 3 aromatic rings. The van der Waals surface area contributed by atoms with Crippen molar-refractivity contribution in [2.45, 2.75) is 9.79 Å². The van der Waals surface area contributed by atoms with Crippen molar-refractivity contribution in [1.29, 1.82) is 0 Å². The summed E-state index contributed by atoms with van der Waals surface area (Å²) in [4.78, 5) is -0.865. The summed E-state index contributed by atoms with van der Waals surface area (Å²) in [5, 5.41) is 0.953. The van der Waals surface area contributed by atoms with Crippen LogP contribution >= 0.6 is 7.92 Å². The van der Waals surface area contributed by atoms with Crippen molar-refractivity contribution >= 4 is 44.1 Å². The average molecular weight is 466 g/mol. The van der Waals surface area contributed by atoms with Crippen molar-refractivity contribution in [2.75, 3.05) is 0 Å². The summed E-state index contributed by atoms with van der Waals surface area (Å²) in [5.41, 5.74) is 0. The second kappa shape index (κ2) is 11.0. The van der Waals surface area contributed by atoms with Gasteiger partial charge in [-0.05, 0) is 25.4 Å². The second-order valence-corrected chi connectivity index (χ2v) is 10.4. The molecule has 0 saturated carbocycles. The van der Waals surface area contributed by atoms with Gasteiger partial charge in [0.15, 0.2) is 0 Å². The van der Waals surface area contributed by atoms with E-state index in [2.05, 4.69) is 0 Å². The Balaban J connectivity index is 0.00000210. The molecule has 0 aliphatic heterocycles. The molecule has 6 nitrogen and oxygen atoms in total. The molecule has 0 unspecified atom stereocenters. The Morgan fingerprint density at radius 2 is 0.897 bits per heavy atom. The summed E-state index contributed by atoms with van der Waals surface area (Å²) in [6, 6.07) is 19.9. The molecule has 0 atom stereocenters. The zero-order valence-corrected chi connectivity index (χ0v) is 22.2. The van der Waals surface area contributed by atoms with Crippen LogP contribution in [0.1, 0.15) is 0 Å². The number of hydrogen-bond donors (Lipinski definition) is 0. The molecule has 0 amide bonds. The molecule has 0 bridgehead atoms. The Labute approximate surface area is 215 Å². The summed E-state index contributed by atoms with van der Waals surface area (Å²) in [6.45, 7) is 0. The molecular weight excluding hydrogens is 453 g/mol. The summed E-state index contributed by atoms with van der Waals surface area (Å²) in [6.07, 6.45) is 0. The second-order valence-electron chi connectivity index (χ2n) is 5.51. The van der Waals surface area contributed by atoms with Gasteiger partial charge in [0.1, 0.15) is 20.2 Å². The Kier molecular flexibility index (Phi) is 10.2. The fourth-order valence-corrected chi connectivity index (χ4v) is 7.40. The van der Waals surface area contributed by atoms with Crippen LogP contribution in [0.5, 0.6) is 0 Å². The minimum Gasteiger partial charge on any atom is -0.744 e. The largest absolute Gasteiger partial charge is 1.00 e. The fourth-order valence-electron chi connectivity index (χ4n) is 2.69. The summed E-state index contributed by atoms with van der Waals surface area (Å²) < 4.78 is 70.7. The van der Waals surface area contributed by atoms with Crippen molar-refractivity contribution in [3.63, 3.8) is 0 Å². The van der Waals surface area contributed by atoms with E-state index in [9.17, 15) is 25.9 Å². The Bertz CT molecular complexity index is 1110. The van der Waals surface area contributed by atoms with Crippen LogP contribution in [0.15, 0.2) is 88.7 Å². The summed E-state index contributed by atoms with van der Waals surface area (Å²) >= 11 is 0. The average Bonchev–Trinajstić information content (AvgIpc) is 2.62. The van der Waals surface area contributed by atoms with Crippen LogP contribution in [0.2, 0.25) is 0 Å². The van der Waals surface area contributed by atoms with Gasteiger partial charge in [-0.2, -0.15) is 0 Å². The van der Waals surface area contributed by atoms with Crippen LogP contribution in [0.4, 0.5) is 0 Å². The van der Waals surface area contributed by atoms with E-state index >= 15 is 0 Å². The van der Waals surface area contributed by atoms with Crippen molar-refractivity contribution in [1.82, 2.24) is 0 Å². The van der Waals surface area contributed by atoms with Gasteiger partial charge in [-0.15, -0.1) is 0 Å². The van der Waals surface area contributed by atoms with Gasteiger partial charge >= 0.3 is 59.1 Å². The summed E-state index contributed by atoms with van der Waals surface area (Å²) in [5.74, 6) is 0. The number of benzene rings is 3. The molecule has 0 aromatic heterocycles. The van der Waals surface area contributed by atoms with Crippen LogP contribution in [-0.2, 0) is 20.2 Å². The van der Waals surface area contributed by atoms with Gasteiger partial charge in [0.2, 0.25) is 0 Å². The van der Waals surface area contributed by atoms with Gasteiger partial charge in [0.05, 0.1) is 9.79 Å². The van der Waals surface area contributed by atoms with Gasteiger partial charge in [-0.25, -0.2) is 16.8 Å². The molecule has 29 heavy (non-hydrogen) atoms. The van der Waals surface area contributed by atoms with Crippen molar-refractivity contribution in [2.24, 2.45) is 0 Å². The zero-order valence-electron chi connectivity index (χ0n) is 15.7. The van der Waals surface area contributed by atoms with Gasteiger partial charge in [0.25, 0.3) is 0 Å².